The van der Waals surface area contributed by atoms with E-state index < -0.39 is 0 Å². The van der Waals surface area contributed by atoms with Crippen molar-refractivity contribution in [2.24, 2.45) is 0 Å². The fraction of sp³-hybridized carbons (Fsp3) is 0.0667. The number of rotatable bonds is 5. The topological polar surface area (TPSA) is 62.1 Å². The molecule has 0 unspecified atom stereocenters. The van der Waals surface area contributed by atoms with Crippen molar-refractivity contribution < 1.29 is 9.53 Å². The van der Waals surface area contributed by atoms with Crippen LogP contribution in [-0.4, -0.2) is 6.41 Å². The van der Waals surface area contributed by atoms with E-state index >= 15 is 0 Å². The van der Waals surface area contributed by atoms with Gasteiger partial charge in [-0.05, 0) is 41.8 Å². The van der Waals surface area contributed by atoms with Gasteiger partial charge in [0.05, 0.1) is 0 Å². The third-order valence-electron chi connectivity index (χ3n) is 2.67. The second-order valence-corrected chi connectivity index (χ2v) is 3.97. The Morgan fingerprint density at radius 1 is 1.05 bits per heavy atom. The highest BCUT2D eigenvalue weighted by Crippen LogP contribution is 2.16. The summed E-state index contributed by atoms with van der Waals surface area (Å²) in [6, 6.07) is 15.0. The first-order valence-corrected chi connectivity index (χ1v) is 5.76. The van der Waals surface area contributed by atoms with Gasteiger partial charge in [0.15, 0.2) is 0 Å². The molecule has 0 spiro atoms. The molecular formula is C15H12N2O2. The number of benzene rings is 2. The molecule has 0 bridgehead atoms. The molecule has 2 aromatic carbocycles. The van der Waals surface area contributed by atoms with Gasteiger partial charge in [-0.1, -0.05) is 24.3 Å². The van der Waals surface area contributed by atoms with Crippen LogP contribution in [0.4, 0.5) is 5.69 Å². The SMILES string of the molecule is N#COc1ccc(Cc2ccc(NC=O)cc2)cc1. The molecule has 94 valence electrons. The summed E-state index contributed by atoms with van der Waals surface area (Å²) in [5.41, 5.74) is 3.04. The fourth-order valence-electron chi connectivity index (χ4n) is 1.75. The molecule has 0 fully saturated rings. The second kappa shape index (κ2) is 6.22. The molecule has 4 nitrogen and oxygen atoms in total. The van der Waals surface area contributed by atoms with Crippen LogP contribution in [0.25, 0.3) is 0 Å². The lowest BCUT2D eigenvalue weighted by atomic mass is 10.0. The summed E-state index contributed by atoms with van der Waals surface area (Å²) in [5, 5.41) is 11.0. The smallest absolute Gasteiger partial charge is 0.292 e. The Morgan fingerprint density at radius 2 is 1.63 bits per heavy atom. The Morgan fingerprint density at radius 3 is 2.16 bits per heavy atom. The van der Waals surface area contributed by atoms with Crippen LogP contribution in [0.5, 0.6) is 5.75 Å². The Bertz CT molecular complexity index is 583. The fourth-order valence-corrected chi connectivity index (χ4v) is 1.75. The van der Waals surface area contributed by atoms with Gasteiger partial charge >= 0.3 is 0 Å². The molecular weight excluding hydrogens is 240 g/mol. The van der Waals surface area contributed by atoms with E-state index in [-0.39, 0.29) is 0 Å². The maximum absolute atomic E-state index is 10.3. The van der Waals surface area contributed by atoms with Crippen molar-refractivity contribution >= 4 is 12.1 Å². The van der Waals surface area contributed by atoms with Crippen LogP contribution in [0.15, 0.2) is 48.5 Å². The minimum absolute atomic E-state index is 0.539. The van der Waals surface area contributed by atoms with E-state index in [1.54, 1.807) is 18.4 Å². The first-order chi connectivity index (χ1) is 9.31. The Kier molecular flexibility index (Phi) is 4.14. The summed E-state index contributed by atoms with van der Waals surface area (Å²) >= 11 is 0. The van der Waals surface area contributed by atoms with Gasteiger partial charge in [0.2, 0.25) is 6.41 Å². The third kappa shape index (κ3) is 3.58. The molecule has 0 saturated heterocycles. The number of ether oxygens (including phenoxy) is 1. The Hall–Kier alpha value is -2.80. The second-order valence-electron chi connectivity index (χ2n) is 3.97. The summed E-state index contributed by atoms with van der Waals surface area (Å²) in [4.78, 5) is 10.3. The van der Waals surface area contributed by atoms with E-state index in [1.165, 1.54) is 0 Å². The van der Waals surface area contributed by atoms with Crippen LogP contribution in [0.1, 0.15) is 11.1 Å². The van der Waals surface area contributed by atoms with Crippen molar-refractivity contribution in [2.75, 3.05) is 5.32 Å². The highest BCUT2D eigenvalue weighted by molar-refractivity contribution is 5.71. The zero-order valence-corrected chi connectivity index (χ0v) is 10.2. The van der Waals surface area contributed by atoms with Crippen molar-refractivity contribution in [1.29, 1.82) is 5.26 Å². The predicted octanol–water partition coefficient (Wildman–Crippen LogP) is 2.71. The number of hydrogen-bond donors (Lipinski definition) is 1. The monoisotopic (exact) mass is 252 g/mol. The predicted molar refractivity (Wildman–Crippen MR) is 71.6 cm³/mol. The van der Waals surface area contributed by atoms with E-state index in [2.05, 4.69) is 5.32 Å². The molecule has 0 aromatic heterocycles. The number of anilines is 1. The van der Waals surface area contributed by atoms with Crippen molar-refractivity contribution in [2.45, 2.75) is 6.42 Å². The maximum atomic E-state index is 10.3. The maximum Gasteiger partial charge on any atom is 0.292 e. The minimum Gasteiger partial charge on any atom is -0.388 e. The summed E-state index contributed by atoms with van der Waals surface area (Å²) in [6.07, 6.45) is 3.08. The summed E-state index contributed by atoms with van der Waals surface area (Å²) in [5.74, 6) is 0.539. The zero-order chi connectivity index (χ0) is 13.5. The molecule has 0 radical (unpaired) electrons. The van der Waals surface area contributed by atoms with E-state index in [0.717, 1.165) is 23.2 Å². The normalized spacial score (nSPS) is 9.42. The largest absolute Gasteiger partial charge is 0.388 e. The molecule has 19 heavy (non-hydrogen) atoms. The molecule has 0 aliphatic heterocycles. The molecule has 2 aromatic rings. The van der Waals surface area contributed by atoms with Crippen LogP contribution < -0.4 is 10.1 Å². The Balaban J connectivity index is 2.04. The molecule has 0 heterocycles. The average molecular weight is 252 g/mol. The Labute approximate surface area is 111 Å². The average Bonchev–Trinajstić information content (AvgIpc) is 2.44. The van der Waals surface area contributed by atoms with Gasteiger partial charge < -0.3 is 10.1 Å². The lowest BCUT2D eigenvalue weighted by Crippen LogP contribution is -1.94. The van der Waals surface area contributed by atoms with Crippen molar-refractivity contribution in [3.05, 3.63) is 59.7 Å². The molecule has 2 rings (SSSR count). The van der Waals surface area contributed by atoms with Gasteiger partial charge in [0, 0.05) is 5.69 Å². The molecule has 1 N–H and O–H groups in total. The lowest BCUT2D eigenvalue weighted by Gasteiger charge is -2.04. The quantitative estimate of drug-likeness (QED) is 0.657. The molecule has 4 heteroatoms. The highest BCUT2D eigenvalue weighted by Gasteiger charge is 1.98. The van der Waals surface area contributed by atoms with Crippen molar-refractivity contribution in [3.8, 4) is 12.0 Å². The van der Waals surface area contributed by atoms with Crippen LogP contribution in [-0.2, 0) is 11.2 Å². The van der Waals surface area contributed by atoms with Crippen LogP contribution in [0, 0.1) is 11.5 Å². The summed E-state index contributed by atoms with van der Waals surface area (Å²) < 4.78 is 4.72. The molecule has 1 amide bonds. The number of nitrogens with one attached hydrogen (secondary N) is 1. The van der Waals surface area contributed by atoms with E-state index in [9.17, 15) is 4.79 Å². The van der Waals surface area contributed by atoms with Gasteiger partial charge in [-0.3, -0.25) is 4.79 Å². The van der Waals surface area contributed by atoms with Gasteiger partial charge in [0.25, 0.3) is 6.26 Å². The molecule has 0 aliphatic rings. The first kappa shape index (κ1) is 12.7. The minimum atomic E-state index is 0.539. The lowest BCUT2D eigenvalue weighted by molar-refractivity contribution is -0.105. The highest BCUT2D eigenvalue weighted by atomic mass is 16.5. The molecule has 0 atom stereocenters. The number of amides is 1. The van der Waals surface area contributed by atoms with Gasteiger partial charge in [-0.25, -0.2) is 0 Å². The van der Waals surface area contributed by atoms with Crippen LogP contribution >= 0.6 is 0 Å². The molecule has 0 saturated carbocycles. The van der Waals surface area contributed by atoms with Gasteiger partial charge in [0.1, 0.15) is 5.75 Å². The zero-order valence-electron chi connectivity index (χ0n) is 10.2. The number of carbonyl (C=O) groups is 1. The number of nitrogens with zero attached hydrogens (tertiary/aromatic N) is 1. The standard InChI is InChI=1S/C15H12N2O2/c16-10-19-15-7-3-13(4-8-15)9-12-1-5-14(6-2-12)17-11-18/h1-8,11H,9H2,(H,17,18). The first-order valence-electron chi connectivity index (χ1n) is 5.76. The number of hydrogen-bond acceptors (Lipinski definition) is 3. The molecule has 0 aliphatic carbocycles. The third-order valence-corrected chi connectivity index (χ3v) is 2.67. The van der Waals surface area contributed by atoms with E-state index in [0.29, 0.717) is 12.2 Å². The number of carbonyl (C=O) groups excluding carboxylic acids is 1. The van der Waals surface area contributed by atoms with E-state index in [1.807, 2.05) is 36.4 Å². The van der Waals surface area contributed by atoms with Gasteiger partial charge in [-0.2, -0.15) is 0 Å². The van der Waals surface area contributed by atoms with Gasteiger partial charge in [-0.15, -0.1) is 5.26 Å². The summed E-state index contributed by atoms with van der Waals surface area (Å²) in [7, 11) is 0. The van der Waals surface area contributed by atoms with Crippen LogP contribution in [0.3, 0.4) is 0 Å². The van der Waals surface area contributed by atoms with Crippen molar-refractivity contribution in [3.63, 3.8) is 0 Å². The van der Waals surface area contributed by atoms with Crippen molar-refractivity contribution in [1.82, 2.24) is 0 Å². The summed E-state index contributed by atoms with van der Waals surface area (Å²) in [6.45, 7) is 0. The van der Waals surface area contributed by atoms with E-state index in [4.69, 9.17) is 10.00 Å². The van der Waals surface area contributed by atoms with Crippen LogP contribution in [0.2, 0.25) is 0 Å². The number of nitriles is 1.